The molecule has 1 heterocycles. The first-order valence-corrected chi connectivity index (χ1v) is 5.40. The van der Waals surface area contributed by atoms with Gasteiger partial charge >= 0.3 is 0 Å². The molecule has 0 amide bonds. The highest BCUT2D eigenvalue weighted by atomic mass is 16.5. The first-order valence-electron chi connectivity index (χ1n) is 5.40. The van der Waals surface area contributed by atoms with Gasteiger partial charge in [0, 0.05) is 25.2 Å². The third-order valence-electron chi connectivity index (χ3n) is 2.75. The van der Waals surface area contributed by atoms with Gasteiger partial charge in [0.05, 0.1) is 12.1 Å². The smallest absolute Gasteiger partial charge is 0.0738 e. The second kappa shape index (κ2) is 6.42. The van der Waals surface area contributed by atoms with Crippen molar-refractivity contribution in [3.63, 3.8) is 0 Å². The molecule has 0 saturated carbocycles. The van der Waals surface area contributed by atoms with E-state index >= 15 is 0 Å². The molecule has 0 fully saturated rings. The lowest BCUT2D eigenvalue weighted by Gasteiger charge is -2.24. The number of rotatable bonds is 6. The highest BCUT2D eigenvalue weighted by molar-refractivity contribution is 5.44. The molecule has 0 radical (unpaired) electrons. The lowest BCUT2D eigenvalue weighted by molar-refractivity contribution is 0.0654. The Morgan fingerprint density at radius 2 is 2.31 bits per heavy atom. The average molecular weight is 224 g/mol. The second-order valence-corrected chi connectivity index (χ2v) is 3.73. The minimum absolute atomic E-state index is 0.0431. The van der Waals surface area contributed by atoms with Crippen LogP contribution in [0.1, 0.15) is 18.9 Å². The van der Waals surface area contributed by atoms with Crippen LogP contribution < -0.4 is 17.0 Å². The van der Waals surface area contributed by atoms with E-state index in [1.807, 2.05) is 0 Å². The monoisotopic (exact) mass is 224 g/mol. The Hall–Kier alpha value is -1.17. The van der Waals surface area contributed by atoms with Crippen molar-refractivity contribution >= 4 is 5.69 Å². The number of nitrogens with one attached hydrogen (secondary N) is 1. The molecule has 5 heteroatoms. The van der Waals surface area contributed by atoms with Gasteiger partial charge in [-0.15, -0.1) is 0 Å². The van der Waals surface area contributed by atoms with Crippen molar-refractivity contribution in [3.05, 3.63) is 24.0 Å². The van der Waals surface area contributed by atoms with Gasteiger partial charge in [-0.1, -0.05) is 6.92 Å². The van der Waals surface area contributed by atoms with Crippen LogP contribution in [0.2, 0.25) is 0 Å². The summed E-state index contributed by atoms with van der Waals surface area (Å²) in [6.45, 7) is 2.06. The number of aromatic nitrogens is 1. The minimum Gasteiger partial charge on any atom is -0.398 e. The number of nitrogens with zero attached hydrogens (tertiary/aromatic N) is 1. The van der Waals surface area contributed by atoms with Gasteiger partial charge in [0.15, 0.2) is 0 Å². The Balaban J connectivity index is 2.73. The van der Waals surface area contributed by atoms with Gasteiger partial charge in [0.1, 0.15) is 0 Å². The van der Waals surface area contributed by atoms with Crippen LogP contribution in [0.3, 0.4) is 0 Å². The van der Waals surface area contributed by atoms with Crippen molar-refractivity contribution in [2.24, 2.45) is 5.84 Å². The summed E-state index contributed by atoms with van der Waals surface area (Å²) in [5, 5.41) is 0. The summed E-state index contributed by atoms with van der Waals surface area (Å²) in [4.78, 5) is 4.05. The fourth-order valence-electron chi connectivity index (χ4n) is 1.76. The third kappa shape index (κ3) is 3.16. The minimum atomic E-state index is 0.0431. The Labute approximate surface area is 96.2 Å². The molecule has 0 saturated heterocycles. The molecule has 0 bridgehead atoms. The summed E-state index contributed by atoms with van der Waals surface area (Å²) in [6.07, 6.45) is 5.12. The zero-order chi connectivity index (χ0) is 12.0. The van der Waals surface area contributed by atoms with Gasteiger partial charge in [-0.3, -0.25) is 16.3 Å². The summed E-state index contributed by atoms with van der Waals surface area (Å²) >= 11 is 0. The van der Waals surface area contributed by atoms with Crippen LogP contribution >= 0.6 is 0 Å². The number of nitrogen functional groups attached to an aromatic ring is 1. The van der Waals surface area contributed by atoms with Gasteiger partial charge in [0.2, 0.25) is 0 Å². The number of hydrazine groups is 1. The highest BCUT2D eigenvalue weighted by Gasteiger charge is 2.19. The van der Waals surface area contributed by atoms with E-state index in [1.54, 1.807) is 25.6 Å². The van der Waals surface area contributed by atoms with Crippen LogP contribution in [-0.4, -0.2) is 24.2 Å². The van der Waals surface area contributed by atoms with Gasteiger partial charge < -0.3 is 10.5 Å². The topological polar surface area (TPSA) is 86.2 Å². The summed E-state index contributed by atoms with van der Waals surface area (Å²) in [7, 11) is 1.69. The first kappa shape index (κ1) is 12.9. The molecule has 5 N–H and O–H groups in total. The van der Waals surface area contributed by atoms with Crippen molar-refractivity contribution in [2.45, 2.75) is 31.9 Å². The lowest BCUT2D eigenvalue weighted by Crippen LogP contribution is -2.46. The van der Waals surface area contributed by atoms with Crippen LogP contribution in [0.15, 0.2) is 18.5 Å². The fraction of sp³-hybridized carbons (Fsp3) is 0.545. The summed E-state index contributed by atoms with van der Waals surface area (Å²) in [6, 6.07) is 1.83. The lowest BCUT2D eigenvalue weighted by atomic mass is 10.0. The fourth-order valence-corrected chi connectivity index (χ4v) is 1.76. The molecular formula is C11H20N4O. The molecule has 0 aliphatic rings. The SMILES string of the molecule is CCC(OC)C(Cc1cnccc1N)NN. The molecule has 0 aromatic carbocycles. The van der Waals surface area contributed by atoms with Crippen molar-refractivity contribution < 1.29 is 4.74 Å². The predicted molar refractivity (Wildman–Crippen MR) is 64.6 cm³/mol. The third-order valence-corrected chi connectivity index (χ3v) is 2.75. The number of ether oxygens (including phenoxy) is 1. The van der Waals surface area contributed by atoms with Gasteiger partial charge in [-0.25, -0.2) is 0 Å². The van der Waals surface area contributed by atoms with Crippen molar-refractivity contribution in [2.75, 3.05) is 12.8 Å². The van der Waals surface area contributed by atoms with Crippen LogP contribution in [-0.2, 0) is 11.2 Å². The van der Waals surface area contributed by atoms with Crippen LogP contribution in [0.4, 0.5) is 5.69 Å². The number of hydrogen-bond acceptors (Lipinski definition) is 5. The summed E-state index contributed by atoms with van der Waals surface area (Å²) in [5.74, 6) is 5.53. The van der Waals surface area contributed by atoms with Gasteiger partial charge in [0.25, 0.3) is 0 Å². The second-order valence-electron chi connectivity index (χ2n) is 3.73. The quantitative estimate of drug-likeness (QED) is 0.483. The van der Waals surface area contributed by atoms with E-state index in [-0.39, 0.29) is 12.1 Å². The first-order chi connectivity index (χ1) is 7.72. The van der Waals surface area contributed by atoms with Gasteiger partial charge in [-0.2, -0.15) is 0 Å². The zero-order valence-electron chi connectivity index (χ0n) is 9.81. The molecule has 2 unspecified atom stereocenters. The molecule has 1 aromatic heterocycles. The van der Waals surface area contributed by atoms with E-state index < -0.39 is 0 Å². The van der Waals surface area contributed by atoms with E-state index in [4.69, 9.17) is 16.3 Å². The zero-order valence-corrected chi connectivity index (χ0v) is 9.81. The Bertz CT molecular complexity index is 315. The van der Waals surface area contributed by atoms with Crippen LogP contribution in [0, 0.1) is 0 Å². The largest absolute Gasteiger partial charge is 0.398 e. The van der Waals surface area contributed by atoms with Crippen molar-refractivity contribution in [1.29, 1.82) is 0 Å². The average Bonchev–Trinajstić information content (AvgIpc) is 2.31. The van der Waals surface area contributed by atoms with Crippen molar-refractivity contribution in [3.8, 4) is 0 Å². The number of pyridine rings is 1. The molecule has 5 nitrogen and oxygen atoms in total. The van der Waals surface area contributed by atoms with E-state index in [0.717, 1.165) is 17.7 Å². The predicted octanol–water partition coefficient (Wildman–Crippen LogP) is 0.463. The molecule has 1 rings (SSSR count). The summed E-state index contributed by atoms with van der Waals surface area (Å²) < 4.78 is 5.36. The molecule has 0 spiro atoms. The number of hydrogen-bond donors (Lipinski definition) is 3. The number of nitrogens with two attached hydrogens (primary N) is 2. The van der Waals surface area contributed by atoms with Crippen LogP contribution in [0.25, 0.3) is 0 Å². The Kier molecular flexibility index (Phi) is 5.18. The molecule has 16 heavy (non-hydrogen) atoms. The maximum absolute atomic E-state index is 5.86. The Morgan fingerprint density at radius 3 is 2.81 bits per heavy atom. The molecule has 0 aliphatic carbocycles. The van der Waals surface area contributed by atoms with E-state index in [0.29, 0.717) is 6.42 Å². The van der Waals surface area contributed by atoms with E-state index in [9.17, 15) is 0 Å². The van der Waals surface area contributed by atoms with E-state index in [2.05, 4.69) is 17.3 Å². The standard InChI is InChI=1S/C11H20N4O/c1-3-11(16-2)10(15-13)6-8-7-14-5-4-9(8)12/h4-5,7,10-11,15H,3,6,13H2,1-2H3,(H2,12,14). The molecule has 90 valence electrons. The van der Waals surface area contributed by atoms with Gasteiger partial charge in [-0.05, 0) is 24.5 Å². The molecule has 2 atom stereocenters. The molecular weight excluding hydrogens is 204 g/mol. The maximum Gasteiger partial charge on any atom is 0.0738 e. The highest BCUT2D eigenvalue weighted by Crippen LogP contribution is 2.14. The maximum atomic E-state index is 5.86. The Morgan fingerprint density at radius 1 is 1.56 bits per heavy atom. The number of methoxy groups -OCH3 is 1. The number of anilines is 1. The molecule has 0 aliphatic heterocycles. The summed E-state index contributed by atoms with van der Waals surface area (Å²) in [5.41, 5.74) is 10.4. The van der Waals surface area contributed by atoms with Crippen molar-refractivity contribution in [1.82, 2.24) is 10.4 Å². The van der Waals surface area contributed by atoms with E-state index in [1.165, 1.54) is 0 Å². The van der Waals surface area contributed by atoms with Crippen LogP contribution in [0.5, 0.6) is 0 Å². The normalized spacial score (nSPS) is 14.7. The molecule has 1 aromatic rings.